The highest BCUT2D eigenvalue weighted by molar-refractivity contribution is 5.75. The molecule has 98 valence electrons. The van der Waals surface area contributed by atoms with Gasteiger partial charge in [0.1, 0.15) is 0 Å². The first-order chi connectivity index (χ1) is 8.10. The molecule has 0 aromatic rings. The summed E-state index contributed by atoms with van der Waals surface area (Å²) >= 11 is 0. The minimum Gasteiger partial charge on any atom is -0.370 e. The topological polar surface area (TPSA) is 55.1 Å². The van der Waals surface area contributed by atoms with Crippen LogP contribution in [0.3, 0.4) is 0 Å². The van der Waals surface area contributed by atoms with Crippen LogP contribution in [0.1, 0.15) is 64.7 Å². The minimum absolute atomic E-state index is 0.00836. The van der Waals surface area contributed by atoms with Gasteiger partial charge in [-0.25, -0.2) is 0 Å². The van der Waals surface area contributed by atoms with Gasteiger partial charge in [0, 0.05) is 12.0 Å². The fourth-order valence-electron chi connectivity index (χ4n) is 4.01. The quantitative estimate of drug-likeness (QED) is 0.790. The Morgan fingerprint density at radius 2 is 1.71 bits per heavy atom. The summed E-state index contributed by atoms with van der Waals surface area (Å²) in [6.07, 6.45) is 11.0. The van der Waals surface area contributed by atoms with Crippen molar-refractivity contribution in [2.24, 2.45) is 11.1 Å². The third-order valence-electron chi connectivity index (χ3n) is 5.00. The van der Waals surface area contributed by atoms with Crippen LogP contribution in [0, 0.1) is 5.41 Å². The van der Waals surface area contributed by atoms with Crippen molar-refractivity contribution in [2.45, 2.75) is 70.3 Å². The zero-order valence-electron chi connectivity index (χ0n) is 11.1. The lowest BCUT2D eigenvalue weighted by Gasteiger charge is -2.45. The predicted molar refractivity (Wildman–Crippen MR) is 69.6 cm³/mol. The summed E-state index contributed by atoms with van der Waals surface area (Å²) in [5.41, 5.74) is 6.03. The van der Waals surface area contributed by atoms with E-state index >= 15 is 0 Å². The lowest BCUT2D eigenvalue weighted by molar-refractivity contribution is -0.120. The van der Waals surface area contributed by atoms with E-state index in [4.69, 9.17) is 5.73 Å². The van der Waals surface area contributed by atoms with E-state index in [0.29, 0.717) is 11.8 Å². The van der Waals surface area contributed by atoms with Crippen LogP contribution >= 0.6 is 0 Å². The molecule has 1 amide bonds. The molecule has 0 bridgehead atoms. The van der Waals surface area contributed by atoms with Crippen LogP contribution in [0.25, 0.3) is 0 Å². The van der Waals surface area contributed by atoms with E-state index in [0.717, 1.165) is 19.4 Å². The maximum atomic E-state index is 11.2. The molecule has 0 saturated heterocycles. The summed E-state index contributed by atoms with van der Waals surface area (Å²) in [7, 11) is 0. The van der Waals surface area contributed by atoms with Crippen LogP contribution < -0.4 is 11.1 Å². The molecule has 0 unspecified atom stereocenters. The van der Waals surface area contributed by atoms with Gasteiger partial charge in [-0.2, -0.15) is 0 Å². The second-order valence-corrected chi connectivity index (χ2v) is 6.16. The van der Waals surface area contributed by atoms with Gasteiger partial charge in [-0.15, -0.1) is 0 Å². The zero-order chi connectivity index (χ0) is 12.4. The summed E-state index contributed by atoms with van der Waals surface area (Å²) in [4.78, 5) is 11.2. The predicted octanol–water partition coefficient (Wildman–Crippen LogP) is 2.34. The maximum Gasteiger partial charge on any atom is 0.219 e. The van der Waals surface area contributed by atoms with Gasteiger partial charge >= 0.3 is 0 Å². The highest BCUT2D eigenvalue weighted by atomic mass is 16.1. The molecule has 0 atom stereocenters. The first-order valence-corrected chi connectivity index (χ1v) is 7.13. The van der Waals surface area contributed by atoms with Gasteiger partial charge in [-0.1, -0.05) is 19.8 Å². The van der Waals surface area contributed by atoms with Crippen molar-refractivity contribution in [1.82, 2.24) is 5.32 Å². The van der Waals surface area contributed by atoms with Crippen LogP contribution in [-0.2, 0) is 4.79 Å². The van der Waals surface area contributed by atoms with Gasteiger partial charge in [-0.3, -0.25) is 4.79 Å². The SMILES string of the molecule is CCNC1(CC(N)=O)CCC2(CCCC2)CC1. The third-order valence-corrected chi connectivity index (χ3v) is 5.00. The van der Waals surface area contributed by atoms with Gasteiger partial charge in [0.2, 0.25) is 5.91 Å². The number of rotatable bonds is 4. The van der Waals surface area contributed by atoms with Crippen LogP contribution in [-0.4, -0.2) is 18.0 Å². The number of hydrogen-bond acceptors (Lipinski definition) is 2. The summed E-state index contributed by atoms with van der Waals surface area (Å²) in [6, 6.07) is 0. The smallest absolute Gasteiger partial charge is 0.219 e. The van der Waals surface area contributed by atoms with Crippen LogP contribution in [0.15, 0.2) is 0 Å². The van der Waals surface area contributed by atoms with E-state index in [1.165, 1.54) is 38.5 Å². The van der Waals surface area contributed by atoms with Crippen molar-refractivity contribution < 1.29 is 4.79 Å². The first-order valence-electron chi connectivity index (χ1n) is 7.13. The Morgan fingerprint density at radius 1 is 1.12 bits per heavy atom. The second-order valence-electron chi connectivity index (χ2n) is 6.16. The Kier molecular flexibility index (Phi) is 3.76. The molecular formula is C14H26N2O. The Morgan fingerprint density at radius 3 is 2.18 bits per heavy atom. The molecule has 3 N–H and O–H groups in total. The molecule has 0 heterocycles. The van der Waals surface area contributed by atoms with Gasteiger partial charge in [0.25, 0.3) is 0 Å². The molecule has 0 aromatic heterocycles. The number of carbonyl (C=O) groups excluding carboxylic acids is 1. The van der Waals surface area contributed by atoms with Crippen molar-refractivity contribution in [2.75, 3.05) is 6.54 Å². The van der Waals surface area contributed by atoms with E-state index in [1.54, 1.807) is 0 Å². The molecule has 2 aliphatic carbocycles. The van der Waals surface area contributed by atoms with E-state index in [-0.39, 0.29) is 11.4 Å². The van der Waals surface area contributed by atoms with Crippen LogP contribution in [0.5, 0.6) is 0 Å². The molecule has 2 rings (SSSR count). The zero-order valence-corrected chi connectivity index (χ0v) is 11.1. The lowest BCUT2D eigenvalue weighted by atomic mass is 9.65. The van der Waals surface area contributed by atoms with Crippen molar-refractivity contribution >= 4 is 5.91 Å². The molecule has 3 nitrogen and oxygen atoms in total. The monoisotopic (exact) mass is 238 g/mol. The molecule has 2 fully saturated rings. The molecule has 1 spiro atoms. The Balaban J connectivity index is 1.99. The van der Waals surface area contributed by atoms with Crippen molar-refractivity contribution in [1.29, 1.82) is 0 Å². The van der Waals surface area contributed by atoms with E-state index < -0.39 is 0 Å². The maximum absolute atomic E-state index is 11.2. The summed E-state index contributed by atoms with van der Waals surface area (Å²) in [6.45, 7) is 3.04. The molecule has 3 heteroatoms. The largest absolute Gasteiger partial charge is 0.370 e. The molecule has 0 aliphatic heterocycles. The molecule has 0 aromatic carbocycles. The Bertz CT molecular complexity index is 272. The van der Waals surface area contributed by atoms with Crippen LogP contribution in [0.4, 0.5) is 0 Å². The summed E-state index contributed by atoms with van der Waals surface area (Å²) in [5.74, 6) is -0.159. The molecule has 17 heavy (non-hydrogen) atoms. The lowest BCUT2D eigenvalue weighted by Crippen LogP contribution is -2.51. The third kappa shape index (κ3) is 2.82. The van der Waals surface area contributed by atoms with Gasteiger partial charge in [0.05, 0.1) is 0 Å². The van der Waals surface area contributed by atoms with Gasteiger partial charge < -0.3 is 11.1 Å². The number of carbonyl (C=O) groups is 1. The average molecular weight is 238 g/mol. The Labute approximate surface area is 105 Å². The standard InChI is InChI=1S/C14H26N2O/c1-2-16-14(11-12(15)17)9-7-13(8-10-14)5-3-4-6-13/h16H,2-11H2,1H3,(H2,15,17). The van der Waals surface area contributed by atoms with Crippen LogP contribution in [0.2, 0.25) is 0 Å². The minimum atomic E-state index is -0.159. The fourth-order valence-corrected chi connectivity index (χ4v) is 4.01. The molecule has 2 aliphatic rings. The van der Waals surface area contributed by atoms with Crippen molar-refractivity contribution in [3.63, 3.8) is 0 Å². The van der Waals surface area contributed by atoms with Crippen molar-refractivity contribution in [3.8, 4) is 0 Å². The fraction of sp³-hybridized carbons (Fsp3) is 0.929. The number of amides is 1. The Hall–Kier alpha value is -0.570. The number of primary amides is 1. The molecule has 2 saturated carbocycles. The second kappa shape index (κ2) is 4.97. The van der Waals surface area contributed by atoms with Gasteiger partial charge in [0.15, 0.2) is 0 Å². The summed E-state index contributed by atoms with van der Waals surface area (Å²) < 4.78 is 0. The van der Waals surface area contributed by atoms with E-state index in [1.807, 2.05) is 0 Å². The normalized spacial score (nSPS) is 26.2. The average Bonchev–Trinajstić information content (AvgIpc) is 2.72. The molecular weight excluding hydrogens is 212 g/mol. The first kappa shape index (κ1) is 12.9. The van der Waals surface area contributed by atoms with Gasteiger partial charge in [-0.05, 0) is 50.5 Å². The summed E-state index contributed by atoms with van der Waals surface area (Å²) in [5, 5.41) is 3.53. The number of hydrogen-bond donors (Lipinski definition) is 2. The van der Waals surface area contributed by atoms with E-state index in [9.17, 15) is 4.79 Å². The van der Waals surface area contributed by atoms with E-state index in [2.05, 4.69) is 12.2 Å². The van der Waals surface area contributed by atoms with Crippen molar-refractivity contribution in [3.05, 3.63) is 0 Å². The highest BCUT2D eigenvalue weighted by Crippen LogP contribution is 2.51. The molecule has 0 radical (unpaired) electrons. The number of nitrogens with one attached hydrogen (secondary N) is 1. The number of nitrogens with two attached hydrogens (primary N) is 1. The highest BCUT2D eigenvalue weighted by Gasteiger charge is 2.43.